The zero-order valence-electron chi connectivity index (χ0n) is 12.6. The standard InChI is InChI=1S/C16H13N3O5/c20-15-9(10-1-2-12(16(21)22)18(10)15)5-8-6-14-19(17-8)11-3-4-23-7-13(11)24-14/h2,5-6,10H,1,3-4,7H2,(H,21,22)/t10-/m1/s1. The highest BCUT2D eigenvalue weighted by molar-refractivity contribution is 6.11. The van der Waals surface area contributed by atoms with Crippen molar-refractivity contribution in [3.05, 3.63) is 40.6 Å². The van der Waals surface area contributed by atoms with Crippen LogP contribution in [-0.2, 0) is 27.4 Å². The van der Waals surface area contributed by atoms with Crippen LogP contribution in [0.25, 0.3) is 11.8 Å². The van der Waals surface area contributed by atoms with Crippen molar-refractivity contribution in [2.75, 3.05) is 6.61 Å². The predicted molar refractivity (Wildman–Crippen MR) is 79.8 cm³/mol. The highest BCUT2D eigenvalue weighted by Crippen LogP contribution is 2.39. The lowest BCUT2D eigenvalue weighted by atomic mass is 9.93. The molecule has 1 atom stereocenters. The third-order valence-corrected chi connectivity index (χ3v) is 4.67. The van der Waals surface area contributed by atoms with Crippen LogP contribution in [0.15, 0.2) is 27.8 Å². The van der Waals surface area contributed by atoms with Gasteiger partial charge in [-0.05, 0) is 12.5 Å². The fourth-order valence-electron chi connectivity index (χ4n) is 3.55. The fourth-order valence-corrected chi connectivity index (χ4v) is 3.55. The number of nitrogens with zero attached hydrogens (tertiary/aromatic N) is 3. The van der Waals surface area contributed by atoms with Gasteiger partial charge in [-0.3, -0.25) is 9.69 Å². The number of hydrogen-bond acceptors (Lipinski definition) is 5. The Morgan fingerprint density at radius 2 is 2.33 bits per heavy atom. The molecule has 0 aliphatic carbocycles. The van der Waals surface area contributed by atoms with Gasteiger partial charge in [0.05, 0.1) is 24.0 Å². The number of carbonyl (C=O) groups excluding carboxylic acids is 1. The summed E-state index contributed by atoms with van der Waals surface area (Å²) in [5.41, 5.74) is 2.90. The van der Waals surface area contributed by atoms with E-state index < -0.39 is 5.97 Å². The molecule has 8 nitrogen and oxygen atoms in total. The Labute approximate surface area is 135 Å². The monoisotopic (exact) mass is 327 g/mol. The van der Waals surface area contributed by atoms with Gasteiger partial charge in [-0.25, -0.2) is 9.31 Å². The molecular formula is C16H13N3O5. The molecule has 0 unspecified atom stereocenters. The van der Waals surface area contributed by atoms with Gasteiger partial charge < -0.3 is 14.3 Å². The molecular weight excluding hydrogens is 314 g/mol. The summed E-state index contributed by atoms with van der Waals surface area (Å²) in [6.45, 7) is 1.09. The molecule has 0 spiro atoms. The first kappa shape index (κ1) is 13.6. The summed E-state index contributed by atoms with van der Waals surface area (Å²) in [5, 5.41) is 13.6. The van der Waals surface area contributed by atoms with Gasteiger partial charge in [-0.2, -0.15) is 5.10 Å². The molecule has 0 saturated carbocycles. The molecule has 5 heterocycles. The van der Waals surface area contributed by atoms with E-state index in [1.54, 1.807) is 22.7 Å². The molecule has 5 rings (SSSR count). The molecule has 2 aromatic rings. The summed E-state index contributed by atoms with van der Waals surface area (Å²) in [6, 6.07) is 1.58. The van der Waals surface area contributed by atoms with E-state index in [1.807, 2.05) is 0 Å². The minimum atomic E-state index is -1.07. The molecule has 8 heteroatoms. The Bertz CT molecular complexity index is 964. The van der Waals surface area contributed by atoms with Crippen molar-refractivity contribution >= 4 is 23.7 Å². The van der Waals surface area contributed by atoms with Crippen molar-refractivity contribution in [1.29, 1.82) is 0 Å². The topological polar surface area (TPSA) is 97.3 Å². The number of aromatic nitrogens is 2. The maximum absolute atomic E-state index is 12.2. The van der Waals surface area contributed by atoms with Crippen LogP contribution in [-0.4, -0.2) is 44.1 Å². The summed E-state index contributed by atoms with van der Waals surface area (Å²) in [6.07, 6.45) is 4.56. The molecule has 0 aromatic carbocycles. The van der Waals surface area contributed by atoms with E-state index >= 15 is 0 Å². The van der Waals surface area contributed by atoms with E-state index in [0.29, 0.717) is 36.6 Å². The van der Waals surface area contributed by atoms with Crippen molar-refractivity contribution in [3.8, 4) is 0 Å². The van der Waals surface area contributed by atoms with Gasteiger partial charge in [-0.1, -0.05) is 6.08 Å². The summed E-state index contributed by atoms with van der Waals surface area (Å²) in [5.74, 6) is -0.551. The van der Waals surface area contributed by atoms with E-state index in [-0.39, 0.29) is 17.6 Å². The first-order valence-electron chi connectivity index (χ1n) is 7.70. The van der Waals surface area contributed by atoms with Gasteiger partial charge in [0, 0.05) is 18.1 Å². The molecule has 1 N–H and O–H groups in total. The number of carboxylic acid groups (broad SMARTS) is 1. The van der Waals surface area contributed by atoms with Crippen molar-refractivity contribution in [2.45, 2.75) is 25.5 Å². The molecule has 1 amide bonds. The zero-order valence-corrected chi connectivity index (χ0v) is 12.6. The van der Waals surface area contributed by atoms with Crippen LogP contribution in [0.5, 0.6) is 0 Å². The van der Waals surface area contributed by atoms with Crippen LogP contribution in [0.3, 0.4) is 0 Å². The van der Waals surface area contributed by atoms with Crippen LogP contribution in [0, 0.1) is 0 Å². The molecule has 3 aliphatic heterocycles. The minimum absolute atomic E-state index is 0.0646. The molecule has 0 bridgehead atoms. The lowest BCUT2D eigenvalue weighted by Crippen LogP contribution is -2.52. The highest BCUT2D eigenvalue weighted by Gasteiger charge is 2.48. The maximum Gasteiger partial charge on any atom is 0.352 e. The van der Waals surface area contributed by atoms with E-state index in [1.165, 1.54) is 4.90 Å². The number of fused-ring (bicyclic) bond motifs is 4. The predicted octanol–water partition coefficient (Wildman–Crippen LogP) is 0.966. The summed E-state index contributed by atoms with van der Waals surface area (Å²) in [7, 11) is 0. The van der Waals surface area contributed by atoms with Gasteiger partial charge in [0.25, 0.3) is 5.91 Å². The van der Waals surface area contributed by atoms with Crippen molar-refractivity contribution in [2.24, 2.45) is 0 Å². The third kappa shape index (κ3) is 1.68. The van der Waals surface area contributed by atoms with Gasteiger partial charge in [0.2, 0.25) is 5.71 Å². The molecule has 0 radical (unpaired) electrons. The van der Waals surface area contributed by atoms with Crippen molar-refractivity contribution in [1.82, 2.24) is 14.5 Å². The van der Waals surface area contributed by atoms with Gasteiger partial charge in [0.1, 0.15) is 12.3 Å². The smallest absolute Gasteiger partial charge is 0.352 e. The van der Waals surface area contributed by atoms with Crippen LogP contribution < -0.4 is 0 Å². The second kappa shape index (κ2) is 4.57. The van der Waals surface area contributed by atoms with Crippen LogP contribution >= 0.6 is 0 Å². The number of ether oxygens (including phenoxy) is 1. The average molecular weight is 327 g/mol. The number of oxazole rings is 1. The first-order valence-corrected chi connectivity index (χ1v) is 7.70. The van der Waals surface area contributed by atoms with E-state index in [2.05, 4.69) is 5.10 Å². The number of carbonyl (C=O) groups is 2. The first-order chi connectivity index (χ1) is 11.6. The second-order valence-corrected chi connectivity index (χ2v) is 6.01. The molecule has 2 aromatic heterocycles. The quantitative estimate of drug-likeness (QED) is 0.652. The Kier molecular flexibility index (Phi) is 2.58. The zero-order chi connectivity index (χ0) is 16.4. The minimum Gasteiger partial charge on any atom is -0.477 e. The Hall–Kier alpha value is -2.87. The third-order valence-electron chi connectivity index (χ3n) is 4.67. The Morgan fingerprint density at radius 1 is 1.46 bits per heavy atom. The molecule has 24 heavy (non-hydrogen) atoms. The number of rotatable bonds is 2. The van der Waals surface area contributed by atoms with Crippen LogP contribution in [0.1, 0.15) is 23.6 Å². The van der Waals surface area contributed by atoms with E-state index in [9.17, 15) is 9.59 Å². The van der Waals surface area contributed by atoms with Crippen molar-refractivity contribution < 1.29 is 23.8 Å². The molecule has 122 valence electrons. The van der Waals surface area contributed by atoms with E-state index in [4.69, 9.17) is 14.3 Å². The molecule has 3 aliphatic rings. The lowest BCUT2D eigenvalue weighted by Gasteiger charge is -2.38. The van der Waals surface area contributed by atoms with E-state index in [0.717, 1.165) is 17.9 Å². The summed E-state index contributed by atoms with van der Waals surface area (Å²) >= 11 is 0. The van der Waals surface area contributed by atoms with Crippen molar-refractivity contribution in [3.63, 3.8) is 0 Å². The molecule has 1 saturated heterocycles. The Balaban J connectivity index is 1.47. The summed E-state index contributed by atoms with van der Waals surface area (Å²) in [4.78, 5) is 24.7. The maximum atomic E-state index is 12.2. The highest BCUT2D eigenvalue weighted by atomic mass is 16.5. The number of hydrogen-bond donors (Lipinski definition) is 1. The fraction of sp³-hybridized carbons (Fsp3) is 0.312. The number of β-lactam (4-membered cyclic amide) rings is 1. The van der Waals surface area contributed by atoms with Gasteiger partial charge >= 0.3 is 5.97 Å². The summed E-state index contributed by atoms with van der Waals surface area (Å²) < 4.78 is 12.8. The largest absolute Gasteiger partial charge is 0.477 e. The normalized spacial score (nSPS) is 24.1. The Morgan fingerprint density at radius 3 is 3.17 bits per heavy atom. The number of carboxylic acids is 1. The van der Waals surface area contributed by atoms with Crippen LogP contribution in [0.2, 0.25) is 0 Å². The number of aliphatic carboxylic acids is 1. The lowest BCUT2D eigenvalue weighted by molar-refractivity contribution is -0.142. The SMILES string of the molecule is O=C(O)C1=CC[C@@H]2C(=Cc3cc4oc5c(n4n3)CCOC5)C(=O)N12. The van der Waals surface area contributed by atoms with Crippen LogP contribution in [0.4, 0.5) is 0 Å². The second-order valence-electron chi connectivity index (χ2n) is 6.01. The number of amides is 1. The van der Waals surface area contributed by atoms with Gasteiger partial charge in [-0.15, -0.1) is 0 Å². The van der Waals surface area contributed by atoms with Gasteiger partial charge in [0.15, 0.2) is 5.76 Å². The molecule has 1 fully saturated rings. The average Bonchev–Trinajstić information content (AvgIpc) is 3.22.